The molecule has 3 nitrogen and oxygen atoms in total. The van der Waals surface area contributed by atoms with Gasteiger partial charge >= 0.3 is 0 Å². The van der Waals surface area contributed by atoms with Crippen molar-refractivity contribution in [1.82, 2.24) is 0 Å². The Balaban J connectivity index is 2.05. The second-order valence-electron chi connectivity index (χ2n) is 6.04. The van der Waals surface area contributed by atoms with E-state index in [1.165, 1.54) is 0 Å². The molecule has 2 rings (SSSR count). The fraction of sp³-hybridized carbons (Fsp3) is 1.00. The zero-order valence-electron chi connectivity index (χ0n) is 10.5. The van der Waals surface area contributed by atoms with Crippen molar-refractivity contribution in [3.63, 3.8) is 0 Å². The van der Waals surface area contributed by atoms with Gasteiger partial charge in [-0.1, -0.05) is 13.8 Å². The third kappa shape index (κ3) is 1.79. The Morgan fingerprint density at radius 2 is 1.88 bits per heavy atom. The average Bonchev–Trinajstić information content (AvgIpc) is 2.25. The second kappa shape index (κ2) is 4.28. The maximum absolute atomic E-state index is 10.8. The van der Waals surface area contributed by atoms with E-state index in [1.807, 2.05) is 0 Å². The molecule has 16 heavy (non-hydrogen) atoms. The first kappa shape index (κ1) is 12.3. The minimum absolute atomic E-state index is 0.0728. The lowest BCUT2D eigenvalue weighted by molar-refractivity contribution is -0.198. The van der Waals surface area contributed by atoms with Crippen LogP contribution in [0.5, 0.6) is 0 Å². The van der Waals surface area contributed by atoms with Gasteiger partial charge < -0.3 is 15.6 Å². The van der Waals surface area contributed by atoms with Crippen molar-refractivity contribution in [2.45, 2.75) is 45.1 Å². The van der Waals surface area contributed by atoms with Gasteiger partial charge in [0, 0.05) is 25.2 Å². The molecule has 1 aliphatic heterocycles. The maximum atomic E-state index is 10.8. The van der Waals surface area contributed by atoms with Crippen LogP contribution in [0.25, 0.3) is 0 Å². The Morgan fingerprint density at radius 3 is 2.31 bits per heavy atom. The van der Waals surface area contributed by atoms with Crippen LogP contribution in [-0.2, 0) is 4.74 Å². The zero-order chi connectivity index (χ0) is 11.8. The number of hydrogen-bond acceptors (Lipinski definition) is 3. The van der Waals surface area contributed by atoms with Crippen molar-refractivity contribution < 1.29 is 9.84 Å². The number of hydrogen-bond donors (Lipinski definition) is 2. The van der Waals surface area contributed by atoms with E-state index in [9.17, 15) is 5.11 Å². The summed E-state index contributed by atoms with van der Waals surface area (Å²) in [6.45, 7) is 6.59. The maximum Gasteiger partial charge on any atom is 0.0723 e. The molecule has 3 N–H and O–H groups in total. The largest absolute Gasteiger partial charge is 0.389 e. The molecule has 2 aliphatic rings. The third-order valence-corrected chi connectivity index (χ3v) is 4.97. The van der Waals surface area contributed by atoms with Gasteiger partial charge in [-0.3, -0.25) is 0 Å². The SMILES string of the molecule is CC(C)C1CC(O)(C2(CN)CCOCC2)C1. The molecule has 0 aromatic heterocycles. The molecular formula is C13H25NO2. The summed E-state index contributed by atoms with van der Waals surface area (Å²) in [4.78, 5) is 0. The highest BCUT2D eigenvalue weighted by Crippen LogP contribution is 2.55. The monoisotopic (exact) mass is 227 g/mol. The van der Waals surface area contributed by atoms with Gasteiger partial charge in [0.2, 0.25) is 0 Å². The Kier molecular flexibility index (Phi) is 3.30. The van der Waals surface area contributed by atoms with Crippen LogP contribution in [0.1, 0.15) is 39.5 Å². The van der Waals surface area contributed by atoms with Crippen LogP contribution < -0.4 is 5.73 Å². The van der Waals surface area contributed by atoms with Crippen LogP contribution in [0.15, 0.2) is 0 Å². The minimum atomic E-state index is -0.513. The normalized spacial score (nSPS) is 38.4. The summed E-state index contributed by atoms with van der Waals surface area (Å²) >= 11 is 0. The first-order valence-corrected chi connectivity index (χ1v) is 6.53. The number of rotatable bonds is 3. The van der Waals surface area contributed by atoms with Gasteiger partial charge in [-0.15, -0.1) is 0 Å². The highest BCUT2D eigenvalue weighted by atomic mass is 16.5. The molecule has 1 heterocycles. The van der Waals surface area contributed by atoms with Crippen LogP contribution in [-0.4, -0.2) is 30.5 Å². The number of nitrogens with two attached hydrogens (primary N) is 1. The van der Waals surface area contributed by atoms with Crippen molar-refractivity contribution in [3.05, 3.63) is 0 Å². The van der Waals surface area contributed by atoms with E-state index < -0.39 is 5.60 Å². The average molecular weight is 227 g/mol. The lowest BCUT2D eigenvalue weighted by Gasteiger charge is -2.58. The summed E-state index contributed by atoms with van der Waals surface area (Å²) in [7, 11) is 0. The zero-order valence-corrected chi connectivity index (χ0v) is 10.5. The van der Waals surface area contributed by atoms with Gasteiger partial charge in [-0.2, -0.15) is 0 Å². The quantitative estimate of drug-likeness (QED) is 0.769. The summed E-state index contributed by atoms with van der Waals surface area (Å²) in [6, 6.07) is 0. The van der Waals surface area contributed by atoms with E-state index in [2.05, 4.69) is 13.8 Å². The lowest BCUT2D eigenvalue weighted by atomic mass is 9.52. The van der Waals surface area contributed by atoms with E-state index in [0.29, 0.717) is 18.4 Å². The molecule has 0 aromatic rings. The predicted molar refractivity (Wildman–Crippen MR) is 64.1 cm³/mol. The molecule has 0 radical (unpaired) electrons. The number of aliphatic hydroxyl groups is 1. The standard InChI is InChI=1S/C13H25NO2/c1-10(2)11-7-13(15,8-11)12(9-14)3-5-16-6-4-12/h10-11,15H,3-9,14H2,1-2H3. The lowest BCUT2D eigenvalue weighted by Crippen LogP contribution is -2.62. The van der Waals surface area contributed by atoms with Crippen molar-refractivity contribution in [3.8, 4) is 0 Å². The molecular weight excluding hydrogens is 202 g/mol. The Hall–Kier alpha value is -0.120. The summed E-state index contributed by atoms with van der Waals surface area (Å²) in [5.74, 6) is 1.35. The van der Waals surface area contributed by atoms with Gasteiger partial charge in [-0.25, -0.2) is 0 Å². The van der Waals surface area contributed by atoms with Crippen molar-refractivity contribution in [1.29, 1.82) is 0 Å². The van der Waals surface area contributed by atoms with Crippen LogP contribution in [0.4, 0.5) is 0 Å². The van der Waals surface area contributed by atoms with Gasteiger partial charge in [0.15, 0.2) is 0 Å². The summed E-state index contributed by atoms with van der Waals surface area (Å²) in [5, 5.41) is 10.8. The molecule has 0 atom stereocenters. The molecule has 0 aromatic carbocycles. The van der Waals surface area contributed by atoms with Crippen molar-refractivity contribution in [2.75, 3.05) is 19.8 Å². The van der Waals surface area contributed by atoms with Crippen molar-refractivity contribution in [2.24, 2.45) is 23.0 Å². The van der Waals surface area contributed by atoms with Crippen LogP contribution in [0.2, 0.25) is 0 Å². The number of ether oxygens (including phenoxy) is 1. The first-order valence-electron chi connectivity index (χ1n) is 6.53. The molecule has 0 bridgehead atoms. The topological polar surface area (TPSA) is 55.5 Å². The molecule has 0 unspecified atom stereocenters. The van der Waals surface area contributed by atoms with Crippen LogP contribution >= 0.6 is 0 Å². The minimum Gasteiger partial charge on any atom is -0.389 e. The van der Waals surface area contributed by atoms with E-state index in [-0.39, 0.29) is 5.41 Å². The Morgan fingerprint density at radius 1 is 1.31 bits per heavy atom. The van der Waals surface area contributed by atoms with E-state index in [4.69, 9.17) is 10.5 Å². The third-order valence-electron chi connectivity index (χ3n) is 4.97. The molecule has 1 saturated carbocycles. The highest BCUT2D eigenvalue weighted by Gasteiger charge is 2.57. The van der Waals surface area contributed by atoms with Gasteiger partial charge in [0.05, 0.1) is 5.60 Å². The van der Waals surface area contributed by atoms with Gasteiger partial charge in [-0.05, 0) is 37.5 Å². The predicted octanol–water partition coefficient (Wildman–Crippen LogP) is 1.54. The van der Waals surface area contributed by atoms with Crippen LogP contribution in [0.3, 0.4) is 0 Å². The Bertz CT molecular complexity index is 240. The van der Waals surface area contributed by atoms with Gasteiger partial charge in [0.1, 0.15) is 0 Å². The van der Waals surface area contributed by atoms with Gasteiger partial charge in [0.25, 0.3) is 0 Å². The fourth-order valence-corrected chi connectivity index (χ4v) is 3.33. The molecule has 0 spiro atoms. The Labute approximate surface area is 98.4 Å². The fourth-order valence-electron chi connectivity index (χ4n) is 3.33. The summed E-state index contributed by atoms with van der Waals surface area (Å²) in [6.07, 6.45) is 3.71. The molecule has 2 fully saturated rings. The first-order chi connectivity index (χ1) is 7.53. The second-order valence-corrected chi connectivity index (χ2v) is 6.04. The smallest absolute Gasteiger partial charge is 0.0723 e. The molecule has 94 valence electrons. The molecule has 0 amide bonds. The van der Waals surface area contributed by atoms with E-state index in [1.54, 1.807) is 0 Å². The molecule has 1 aliphatic carbocycles. The van der Waals surface area contributed by atoms with Crippen molar-refractivity contribution >= 4 is 0 Å². The molecule has 3 heteroatoms. The summed E-state index contributed by atoms with van der Waals surface area (Å²) < 4.78 is 5.40. The van der Waals surface area contributed by atoms with Crippen LogP contribution in [0, 0.1) is 17.3 Å². The summed E-state index contributed by atoms with van der Waals surface area (Å²) in [5.41, 5.74) is 5.35. The molecule has 1 saturated heterocycles. The van der Waals surface area contributed by atoms with E-state index in [0.717, 1.165) is 38.9 Å². The highest BCUT2D eigenvalue weighted by molar-refractivity contribution is 5.08. The van der Waals surface area contributed by atoms with E-state index >= 15 is 0 Å².